The summed E-state index contributed by atoms with van der Waals surface area (Å²) in [7, 11) is -2.70. The van der Waals surface area contributed by atoms with Gasteiger partial charge >= 0.3 is 6.09 Å². The number of hydroxylamine groups is 1. The van der Waals surface area contributed by atoms with Crippen molar-refractivity contribution in [3.63, 3.8) is 0 Å². The highest BCUT2D eigenvalue weighted by Gasteiger charge is 2.33. The van der Waals surface area contributed by atoms with Gasteiger partial charge in [0.2, 0.25) is 0 Å². The Labute approximate surface area is 231 Å². The molecule has 2 aromatic rings. The summed E-state index contributed by atoms with van der Waals surface area (Å²) in [4.78, 5) is 18.4. The first-order valence-electron chi connectivity index (χ1n) is 13.1. The van der Waals surface area contributed by atoms with E-state index in [1.54, 1.807) is 20.8 Å². The van der Waals surface area contributed by atoms with Crippen LogP contribution in [-0.2, 0) is 30.8 Å². The monoisotopic (exact) mass is 564 g/mol. The number of hydrogen-bond acceptors (Lipinski definition) is 8. The third-order valence-corrected chi connectivity index (χ3v) is 7.76. The van der Waals surface area contributed by atoms with Gasteiger partial charge in [-0.1, -0.05) is 34.8 Å². The molecular formula is C28H40N2O8S. The average molecular weight is 565 g/mol. The number of carbonyl (C=O) groups excluding carboxylic acids is 1. The summed E-state index contributed by atoms with van der Waals surface area (Å²) in [5.41, 5.74) is 0.0952. The molecule has 2 aromatic carbocycles. The van der Waals surface area contributed by atoms with Gasteiger partial charge in [-0.05, 0) is 76.3 Å². The molecule has 1 fully saturated rings. The minimum atomic E-state index is -4.19. The van der Waals surface area contributed by atoms with Crippen molar-refractivity contribution in [3.05, 3.63) is 60.2 Å². The molecule has 0 spiro atoms. The molecule has 1 saturated heterocycles. The molecule has 3 rings (SSSR count). The number of benzene rings is 2. The molecular weight excluding hydrogens is 524 g/mol. The van der Waals surface area contributed by atoms with Crippen LogP contribution in [0.3, 0.4) is 0 Å². The zero-order chi connectivity index (χ0) is 28.5. The number of sulfonamides is 1. The van der Waals surface area contributed by atoms with Gasteiger partial charge in [0.05, 0.1) is 43.4 Å². The summed E-state index contributed by atoms with van der Waals surface area (Å²) in [6, 6.07) is 14.3. The van der Waals surface area contributed by atoms with Crippen molar-refractivity contribution < 1.29 is 37.4 Å². The van der Waals surface area contributed by atoms with Gasteiger partial charge in [0.15, 0.2) is 0 Å². The molecule has 3 atom stereocenters. The number of ether oxygens (including phenoxy) is 3. The predicted molar refractivity (Wildman–Crippen MR) is 146 cm³/mol. The van der Waals surface area contributed by atoms with Crippen molar-refractivity contribution in [2.24, 2.45) is 0 Å². The van der Waals surface area contributed by atoms with E-state index in [0.29, 0.717) is 12.4 Å². The molecule has 0 aliphatic carbocycles. The number of alkyl carbamates (subject to hydrolysis) is 1. The number of aliphatic hydroxyl groups excluding tert-OH is 1. The largest absolute Gasteiger partial charge is 0.497 e. The van der Waals surface area contributed by atoms with E-state index in [1.807, 2.05) is 30.3 Å². The quantitative estimate of drug-likeness (QED) is 0.374. The van der Waals surface area contributed by atoms with E-state index in [4.69, 9.17) is 19.0 Å². The van der Waals surface area contributed by atoms with Gasteiger partial charge in [0.25, 0.3) is 10.0 Å². The van der Waals surface area contributed by atoms with Crippen molar-refractivity contribution in [2.45, 2.75) is 75.2 Å². The van der Waals surface area contributed by atoms with Crippen molar-refractivity contribution in [2.75, 3.05) is 26.9 Å². The molecule has 1 heterocycles. The van der Waals surface area contributed by atoms with Crippen molar-refractivity contribution in [1.29, 1.82) is 0 Å². The Bertz CT molecular complexity index is 1130. The Hall–Kier alpha value is -2.70. The maximum atomic E-state index is 13.6. The molecule has 1 aliphatic heterocycles. The number of nitrogens with one attached hydrogen (secondary N) is 1. The highest BCUT2D eigenvalue weighted by Crippen LogP contribution is 2.22. The lowest BCUT2D eigenvalue weighted by Gasteiger charge is -2.31. The minimum Gasteiger partial charge on any atom is -0.497 e. The molecule has 10 nitrogen and oxygen atoms in total. The molecule has 39 heavy (non-hydrogen) atoms. The lowest BCUT2D eigenvalue weighted by Crippen LogP contribution is -2.51. The Morgan fingerprint density at radius 1 is 1.13 bits per heavy atom. The molecule has 2 N–H and O–H groups in total. The van der Waals surface area contributed by atoms with Crippen LogP contribution >= 0.6 is 0 Å². The van der Waals surface area contributed by atoms with E-state index in [9.17, 15) is 18.3 Å². The Morgan fingerprint density at radius 2 is 1.82 bits per heavy atom. The first kappa shape index (κ1) is 30.8. The fourth-order valence-corrected chi connectivity index (χ4v) is 5.34. The predicted octanol–water partition coefficient (Wildman–Crippen LogP) is 3.68. The van der Waals surface area contributed by atoms with Gasteiger partial charge in [0.1, 0.15) is 11.4 Å². The minimum absolute atomic E-state index is 0.00491. The van der Waals surface area contributed by atoms with Crippen LogP contribution in [-0.4, -0.2) is 74.8 Å². The average Bonchev–Trinajstić information content (AvgIpc) is 2.90. The molecule has 0 aromatic heterocycles. The lowest BCUT2D eigenvalue weighted by molar-refractivity contribution is -0.147. The second kappa shape index (κ2) is 14.1. The number of hydrogen-bond donors (Lipinski definition) is 2. The fourth-order valence-electron chi connectivity index (χ4n) is 4.08. The smallest absolute Gasteiger partial charge is 0.407 e. The molecule has 1 amide bonds. The third kappa shape index (κ3) is 9.77. The molecule has 0 bridgehead atoms. The first-order valence-corrected chi connectivity index (χ1v) is 14.5. The van der Waals surface area contributed by atoms with Crippen molar-refractivity contribution in [3.8, 4) is 5.75 Å². The molecule has 11 heteroatoms. The van der Waals surface area contributed by atoms with Crippen LogP contribution in [0.4, 0.5) is 4.79 Å². The summed E-state index contributed by atoms with van der Waals surface area (Å²) < 4.78 is 44.3. The highest BCUT2D eigenvalue weighted by atomic mass is 32.2. The summed E-state index contributed by atoms with van der Waals surface area (Å²) in [5.74, 6) is 0.501. The van der Waals surface area contributed by atoms with Crippen LogP contribution < -0.4 is 10.1 Å². The van der Waals surface area contributed by atoms with E-state index < -0.39 is 40.4 Å². The zero-order valence-electron chi connectivity index (χ0n) is 23.0. The normalized spacial score (nSPS) is 17.8. The molecule has 216 valence electrons. The summed E-state index contributed by atoms with van der Waals surface area (Å²) in [6.07, 6.45) is 0.576. The van der Waals surface area contributed by atoms with Gasteiger partial charge in [-0.2, -0.15) is 0 Å². The number of methoxy groups -OCH3 is 1. The second-order valence-corrected chi connectivity index (χ2v) is 12.3. The molecule has 0 radical (unpaired) electrons. The molecule has 1 unspecified atom stereocenters. The van der Waals surface area contributed by atoms with E-state index in [0.717, 1.165) is 29.3 Å². The van der Waals surface area contributed by atoms with Crippen LogP contribution in [0.5, 0.6) is 5.75 Å². The molecule has 0 saturated carbocycles. The van der Waals surface area contributed by atoms with Crippen LogP contribution in [0.25, 0.3) is 0 Å². The number of rotatable bonds is 12. The van der Waals surface area contributed by atoms with E-state index in [1.165, 1.54) is 31.4 Å². The Balaban J connectivity index is 1.84. The van der Waals surface area contributed by atoms with Gasteiger partial charge in [-0.15, -0.1) is 0 Å². The first-order chi connectivity index (χ1) is 18.5. The Kier molecular flexibility index (Phi) is 11.1. The lowest BCUT2D eigenvalue weighted by atomic mass is 10.0. The summed E-state index contributed by atoms with van der Waals surface area (Å²) in [6.45, 7) is 5.36. The van der Waals surface area contributed by atoms with Crippen LogP contribution in [0, 0.1) is 0 Å². The maximum Gasteiger partial charge on any atom is 0.407 e. The number of carbonyl (C=O) groups is 1. The number of aliphatic hydroxyl groups is 1. The number of amides is 1. The maximum absolute atomic E-state index is 13.6. The standard InChI is InChI=1S/C28H40N2O8S/c1-28(2,3)38-27(32)29-25(18-21-10-6-5-7-11-21)26(31)19-30(37-20-23-12-8-9-17-36-23)39(33,34)24-15-13-22(35-4)14-16-24/h5-7,10-11,13-16,23,25-26,31H,8-9,12,17-20H2,1-4H3,(H,29,32)/t23?,25-,26-/m0/s1. The van der Waals surface area contributed by atoms with Crippen LogP contribution in [0.1, 0.15) is 45.6 Å². The zero-order valence-corrected chi connectivity index (χ0v) is 23.9. The van der Waals surface area contributed by atoms with Gasteiger partial charge in [0, 0.05) is 6.61 Å². The second-order valence-electron chi connectivity index (χ2n) is 10.5. The summed E-state index contributed by atoms with van der Waals surface area (Å²) >= 11 is 0. The topological polar surface area (TPSA) is 124 Å². The van der Waals surface area contributed by atoms with Crippen molar-refractivity contribution in [1.82, 2.24) is 9.79 Å². The Morgan fingerprint density at radius 3 is 2.41 bits per heavy atom. The van der Waals surface area contributed by atoms with Crippen LogP contribution in [0.2, 0.25) is 0 Å². The van der Waals surface area contributed by atoms with Gasteiger partial charge in [-0.25, -0.2) is 13.2 Å². The third-order valence-electron chi connectivity index (χ3n) is 6.10. The SMILES string of the molecule is COc1ccc(S(=O)(=O)N(C[C@H](O)[C@H](Cc2ccccc2)NC(=O)OC(C)(C)C)OCC2CCCCO2)cc1. The summed E-state index contributed by atoms with van der Waals surface area (Å²) in [5, 5.41) is 14.0. The highest BCUT2D eigenvalue weighted by molar-refractivity contribution is 7.89. The van der Waals surface area contributed by atoms with E-state index >= 15 is 0 Å². The number of nitrogens with zero attached hydrogens (tertiary/aromatic N) is 1. The fraction of sp³-hybridized carbons (Fsp3) is 0.536. The van der Waals surface area contributed by atoms with Gasteiger partial charge < -0.3 is 24.6 Å². The van der Waals surface area contributed by atoms with Gasteiger partial charge in [-0.3, -0.25) is 4.84 Å². The van der Waals surface area contributed by atoms with E-state index in [-0.39, 0.29) is 24.0 Å². The van der Waals surface area contributed by atoms with Crippen molar-refractivity contribution >= 4 is 16.1 Å². The van der Waals surface area contributed by atoms with E-state index in [2.05, 4.69) is 5.32 Å². The molecule has 1 aliphatic rings. The van der Waals surface area contributed by atoms with Crippen LogP contribution in [0.15, 0.2) is 59.5 Å².